The number of carboxylic acid groups (broad SMARTS) is 1. The molecular weight excluding hydrogens is 333 g/mol. The Bertz CT molecular complexity index is 631. The Hall–Kier alpha value is -2.21. The van der Waals surface area contributed by atoms with Crippen LogP contribution in [0, 0.1) is 0 Å². The minimum atomic E-state index is -4.60. The molecule has 0 aliphatic rings. The van der Waals surface area contributed by atoms with Crippen molar-refractivity contribution in [3.63, 3.8) is 0 Å². The summed E-state index contributed by atoms with van der Waals surface area (Å²) in [6.07, 6.45) is -3.57. The highest BCUT2D eigenvalue weighted by atomic mass is 35.5. The number of halogens is 4. The Kier molecular flexibility index (Phi) is 6.45. The van der Waals surface area contributed by atoms with Crippen LogP contribution < -0.4 is 0 Å². The van der Waals surface area contributed by atoms with Gasteiger partial charge in [0.2, 0.25) is 6.10 Å². The summed E-state index contributed by atoms with van der Waals surface area (Å²) in [5.74, 6) is -1.53. The molecule has 23 heavy (non-hydrogen) atoms. The molecule has 0 fully saturated rings. The highest BCUT2D eigenvalue weighted by Crippen LogP contribution is 2.29. The summed E-state index contributed by atoms with van der Waals surface area (Å²) in [5, 5.41) is 9.61. The van der Waals surface area contributed by atoms with Crippen molar-refractivity contribution in [2.75, 3.05) is 0 Å². The second-order valence-corrected chi connectivity index (χ2v) is 4.93. The lowest BCUT2D eigenvalue weighted by Gasteiger charge is -2.17. The number of benzene rings is 1. The number of rotatable bonds is 6. The van der Waals surface area contributed by atoms with E-state index in [1.807, 2.05) is 0 Å². The first-order valence-corrected chi connectivity index (χ1v) is 6.76. The molecule has 0 aliphatic carbocycles. The highest BCUT2D eigenvalue weighted by molar-refractivity contribution is 6.30. The van der Waals surface area contributed by atoms with Crippen LogP contribution in [-0.2, 0) is 9.53 Å². The molecule has 1 aromatic carbocycles. The predicted octanol–water partition coefficient (Wildman–Crippen LogP) is 5.06. The van der Waals surface area contributed by atoms with Gasteiger partial charge in [0.25, 0.3) is 0 Å². The summed E-state index contributed by atoms with van der Waals surface area (Å²) in [6, 6.07) is 5.79. The van der Waals surface area contributed by atoms with Crippen molar-refractivity contribution in [2.24, 2.45) is 0 Å². The third-order valence-corrected chi connectivity index (χ3v) is 2.94. The molecule has 0 radical (unpaired) electrons. The third-order valence-electron chi connectivity index (χ3n) is 2.68. The summed E-state index contributed by atoms with van der Waals surface area (Å²) in [6.45, 7) is 4.46. The number of carboxylic acids is 1. The van der Waals surface area contributed by atoms with Crippen molar-refractivity contribution in [1.82, 2.24) is 0 Å². The number of allylic oxidation sites excluding steroid dienone is 5. The number of hydrogen-bond donors (Lipinski definition) is 1. The fraction of sp³-hybridized carbons (Fsp3) is 0.188. The first-order valence-electron chi connectivity index (χ1n) is 6.38. The first-order chi connectivity index (χ1) is 10.6. The smallest absolute Gasteiger partial charge is 0.416 e. The van der Waals surface area contributed by atoms with E-state index in [9.17, 15) is 23.1 Å². The van der Waals surface area contributed by atoms with E-state index in [4.69, 9.17) is 16.3 Å². The molecule has 1 aromatic rings. The van der Waals surface area contributed by atoms with Gasteiger partial charge in [0.1, 0.15) is 0 Å². The van der Waals surface area contributed by atoms with Crippen LogP contribution in [0.1, 0.15) is 18.6 Å². The fourth-order valence-corrected chi connectivity index (χ4v) is 1.81. The van der Waals surface area contributed by atoms with Crippen LogP contribution in [-0.4, -0.2) is 17.3 Å². The molecule has 3 nitrogen and oxygen atoms in total. The minimum absolute atomic E-state index is 0.197. The summed E-state index contributed by atoms with van der Waals surface area (Å²) in [7, 11) is 0. The number of aliphatic carboxylic acids is 1. The molecule has 1 rings (SSSR count). The van der Waals surface area contributed by atoms with Crippen LogP contribution in [0.5, 0.6) is 0 Å². The molecule has 0 aliphatic heterocycles. The van der Waals surface area contributed by atoms with E-state index in [0.29, 0.717) is 11.1 Å². The van der Waals surface area contributed by atoms with Crippen molar-refractivity contribution in [1.29, 1.82) is 0 Å². The molecular formula is C16H14ClF3O3. The average molecular weight is 347 g/mol. The topological polar surface area (TPSA) is 46.5 Å². The zero-order chi connectivity index (χ0) is 17.6. The Morgan fingerprint density at radius 1 is 1.35 bits per heavy atom. The quantitative estimate of drug-likeness (QED) is 0.578. The van der Waals surface area contributed by atoms with E-state index in [2.05, 4.69) is 6.58 Å². The maximum atomic E-state index is 12.8. The molecule has 0 spiro atoms. The van der Waals surface area contributed by atoms with Gasteiger partial charge in [0.15, 0.2) is 0 Å². The zero-order valence-corrected chi connectivity index (χ0v) is 12.9. The van der Waals surface area contributed by atoms with Crippen molar-refractivity contribution >= 4 is 17.6 Å². The molecule has 0 heterocycles. The van der Waals surface area contributed by atoms with Crippen LogP contribution >= 0.6 is 11.6 Å². The molecule has 0 unspecified atom stereocenters. The van der Waals surface area contributed by atoms with E-state index in [-0.39, 0.29) is 11.3 Å². The van der Waals surface area contributed by atoms with E-state index >= 15 is 0 Å². The molecule has 0 aromatic heterocycles. The van der Waals surface area contributed by atoms with Crippen molar-refractivity contribution in [2.45, 2.75) is 19.2 Å². The molecule has 1 N–H and O–H groups in total. The lowest BCUT2D eigenvalue weighted by atomic mass is 10.1. The summed E-state index contributed by atoms with van der Waals surface area (Å²) in [4.78, 5) is 11.3. The maximum absolute atomic E-state index is 12.8. The van der Waals surface area contributed by atoms with Crippen LogP contribution in [0.3, 0.4) is 0 Å². The number of ether oxygens (including phenoxy) is 1. The van der Waals surface area contributed by atoms with Gasteiger partial charge < -0.3 is 9.84 Å². The number of carbonyl (C=O) groups is 1. The van der Waals surface area contributed by atoms with E-state index < -0.39 is 23.8 Å². The zero-order valence-electron chi connectivity index (χ0n) is 12.1. The second kappa shape index (κ2) is 7.87. The molecule has 0 saturated carbocycles. The van der Waals surface area contributed by atoms with Gasteiger partial charge in [0, 0.05) is 10.6 Å². The second-order valence-electron chi connectivity index (χ2n) is 4.50. The van der Waals surface area contributed by atoms with E-state index in [0.717, 1.165) is 12.2 Å². The lowest BCUT2D eigenvalue weighted by Crippen LogP contribution is -2.15. The normalized spacial score (nSPS) is 14.3. The minimum Gasteiger partial charge on any atom is -0.479 e. The highest BCUT2D eigenvalue weighted by Gasteiger charge is 2.32. The van der Waals surface area contributed by atoms with Gasteiger partial charge >= 0.3 is 12.1 Å². The summed E-state index contributed by atoms with van der Waals surface area (Å²) < 4.78 is 43.5. The number of hydrogen-bond acceptors (Lipinski definition) is 2. The molecule has 1 atom stereocenters. The Balaban J connectivity index is 3.06. The maximum Gasteiger partial charge on any atom is 0.416 e. The largest absolute Gasteiger partial charge is 0.479 e. The SMILES string of the molecule is C=C/C=C(\C=C(/C)O[C@@H](C(=O)O)c1ccc(Cl)cc1)C(F)(F)F. The van der Waals surface area contributed by atoms with Gasteiger partial charge in [-0.15, -0.1) is 0 Å². The van der Waals surface area contributed by atoms with Crippen LogP contribution in [0.25, 0.3) is 0 Å². The average Bonchev–Trinajstić information content (AvgIpc) is 2.44. The summed E-state index contributed by atoms with van der Waals surface area (Å²) in [5.41, 5.74) is -0.735. The van der Waals surface area contributed by atoms with Crippen molar-refractivity contribution < 1.29 is 27.8 Å². The standard InChI is InChI=1S/C16H14ClF3O3/c1-3-4-12(16(18,19)20)9-10(2)23-14(15(21)22)11-5-7-13(17)8-6-11/h3-9,14H,1H2,2H3,(H,21,22)/b10-9+,12-4+/t14-/m1/s1. The lowest BCUT2D eigenvalue weighted by molar-refractivity contribution is -0.148. The van der Waals surface area contributed by atoms with Gasteiger partial charge in [-0.3, -0.25) is 0 Å². The molecule has 7 heteroatoms. The third kappa shape index (κ3) is 5.83. The molecule has 0 saturated heterocycles. The number of alkyl halides is 3. The monoisotopic (exact) mass is 346 g/mol. The van der Waals surface area contributed by atoms with E-state index in [1.165, 1.54) is 31.2 Å². The van der Waals surface area contributed by atoms with Gasteiger partial charge in [-0.05, 0) is 25.1 Å². The van der Waals surface area contributed by atoms with Gasteiger partial charge in [-0.1, -0.05) is 42.5 Å². The summed E-state index contributed by atoms with van der Waals surface area (Å²) >= 11 is 5.71. The molecule has 0 amide bonds. The van der Waals surface area contributed by atoms with Crippen molar-refractivity contribution in [3.8, 4) is 0 Å². The Morgan fingerprint density at radius 3 is 2.35 bits per heavy atom. The van der Waals surface area contributed by atoms with Crippen LogP contribution in [0.4, 0.5) is 13.2 Å². The van der Waals surface area contributed by atoms with Gasteiger partial charge in [0.05, 0.1) is 11.3 Å². The van der Waals surface area contributed by atoms with Crippen LogP contribution in [0.2, 0.25) is 5.02 Å². The van der Waals surface area contributed by atoms with Gasteiger partial charge in [-0.2, -0.15) is 13.2 Å². The fourth-order valence-electron chi connectivity index (χ4n) is 1.69. The first kappa shape index (κ1) is 18.8. The van der Waals surface area contributed by atoms with Crippen LogP contribution in [0.15, 0.2) is 60.4 Å². The predicted molar refractivity (Wildman–Crippen MR) is 81.0 cm³/mol. The molecule has 0 bridgehead atoms. The van der Waals surface area contributed by atoms with Gasteiger partial charge in [-0.25, -0.2) is 4.79 Å². The van der Waals surface area contributed by atoms with E-state index in [1.54, 1.807) is 0 Å². The molecule has 124 valence electrons. The Labute approximate surface area is 136 Å². The van der Waals surface area contributed by atoms with Crippen molar-refractivity contribution in [3.05, 3.63) is 71.0 Å². The Morgan fingerprint density at radius 2 is 1.91 bits per heavy atom.